The minimum Gasteiger partial charge on any atom is -0.469 e. The molecular weight excluding hydrogens is 315 g/mol. The number of nitrogen functional groups attached to an aromatic ring is 1. The Bertz CT molecular complexity index is 460. The molecule has 0 aromatic heterocycles. The summed E-state index contributed by atoms with van der Waals surface area (Å²) in [4.78, 5) is 11.0. The third-order valence-electron chi connectivity index (χ3n) is 2.35. The van der Waals surface area contributed by atoms with E-state index in [-0.39, 0.29) is 24.1 Å². The van der Waals surface area contributed by atoms with E-state index >= 15 is 0 Å². The van der Waals surface area contributed by atoms with Crippen molar-refractivity contribution < 1.29 is 22.7 Å². The fourth-order valence-electron chi connectivity index (χ4n) is 1.44. The fourth-order valence-corrected chi connectivity index (χ4v) is 1.83. The number of nitrogens with two attached hydrogens (primary N) is 1. The fraction of sp³-hybridized carbons (Fsp3) is 0.364. The molecule has 0 bridgehead atoms. The van der Waals surface area contributed by atoms with Crippen LogP contribution in [0, 0.1) is 0 Å². The second-order valence-corrected chi connectivity index (χ2v) is 4.46. The number of carbonyl (C=O) groups excluding carboxylic acids is 1. The van der Waals surface area contributed by atoms with Crippen LogP contribution >= 0.6 is 15.9 Å². The Morgan fingerprint density at radius 1 is 1.44 bits per heavy atom. The molecule has 0 fully saturated rings. The molecule has 18 heavy (non-hydrogen) atoms. The normalized spacial score (nSPS) is 11.4. The maximum absolute atomic E-state index is 12.8. The molecule has 0 saturated heterocycles. The molecule has 7 heteroatoms. The Balaban J connectivity index is 3.08. The van der Waals surface area contributed by atoms with Crippen molar-refractivity contribution in [1.29, 1.82) is 0 Å². The molecule has 0 atom stereocenters. The van der Waals surface area contributed by atoms with E-state index < -0.39 is 17.7 Å². The van der Waals surface area contributed by atoms with Gasteiger partial charge in [-0.05, 0) is 40.0 Å². The van der Waals surface area contributed by atoms with E-state index in [1.54, 1.807) is 0 Å². The number of methoxy groups -OCH3 is 1. The summed E-state index contributed by atoms with van der Waals surface area (Å²) in [5, 5.41) is 0. The zero-order chi connectivity index (χ0) is 13.9. The molecule has 0 aliphatic carbocycles. The van der Waals surface area contributed by atoms with Gasteiger partial charge in [-0.3, -0.25) is 4.79 Å². The van der Waals surface area contributed by atoms with E-state index in [1.807, 2.05) is 0 Å². The number of ether oxygens (including phenoxy) is 1. The van der Waals surface area contributed by atoms with Crippen LogP contribution in [0.5, 0.6) is 0 Å². The molecule has 3 nitrogen and oxygen atoms in total. The van der Waals surface area contributed by atoms with Crippen molar-refractivity contribution in [2.45, 2.75) is 19.0 Å². The van der Waals surface area contributed by atoms with Crippen LogP contribution in [0.25, 0.3) is 0 Å². The molecule has 1 rings (SSSR count). The van der Waals surface area contributed by atoms with E-state index in [9.17, 15) is 18.0 Å². The van der Waals surface area contributed by atoms with Gasteiger partial charge in [0.15, 0.2) is 0 Å². The first-order chi connectivity index (χ1) is 8.25. The predicted molar refractivity (Wildman–Crippen MR) is 63.9 cm³/mol. The monoisotopic (exact) mass is 325 g/mol. The molecule has 0 spiro atoms. The van der Waals surface area contributed by atoms with Gasteiger partial charge in [0, 0.05) is 16.6 Å². The highest BCUT2D eigenvalue weighted by Crippen LogP contribution is 2.36. The lowest BCUT2D eigenvalue weighted by Crippen LogP contribution is -2.12. The smallest absolute Gasteiger partial charge is 0.416 e. The lowest BCUT2D eigenvalue weighted by Gasteiger charge is -2.14. The number of esters is 1. The number of anilines is 1. The van der Waals surface area contributed by atoms with Crippen LogP contribution in [0.3, 0.4) is 0 Å². The summed E-state index contributed by atoms with van der Waals surface area (Å²) in [7, 11) is 1.19. The second-order valence-electron chi connectivity index (χ2n) is 3.60. The summed E-state index contributed by atoms with van der Waals surface area (Å²) in [5.74, 6) is -0.559. The van der Waals surface area contributed by atoms with E-state index in [2.05, 4.69) is 20.7 Å². The van der Waals surface area contributed by atoms with Crippen molar-refractivity contribution in [2.75, 3.05) is 12.8 Å². The molecule has 0 amide bonds. The van der Waals surface area contributed by atoms with Crippen LogP contribution in [0.2, 0.25) is 0 Å². The quantitative estimate of drug-likeness (QED) is 0.686. The zero-order valence-electron chi connectivity index (χ0n) is 9.47. The minimum absolute atomic E-state index is 0.00384. The molecule has 100 valence electrons. The Hall–Kier alpha value is -1.24. The van der Waals surface area contributed by atoms with Crippen molar-refractivity contribution in [3.8, 4) is 0 Å². The van der Waals surface area contributed by atoms with Crippen molar-refractivity contribution in [3.05, 3.63) is 27.7 Å². The molecule has 0 aliphatic rings. The standard InChI is InChI=1S/C11H11BrF3NO2/c1-18-10(17)3-2-6-4-8(12)9(16)5-7(6)11(13,14)15/h4-5H,2-3,16H2,1H3. The molecule has 1 aromatic rings. The number of halogens is 4. The number of aryl methyl sites for hydroxylation is 1. The number of alkyl halides is 3. The number of benzene rings is 1. The summed E-state index contributed by atoms with van der Waals surface area (Å²) in [6.07, 6.45) is -4.67. The van der Waals surface area contributed by atoms with Crippen molar-refractivity contribution in [2.24, 2.45) is 0 Å². The van der Waals surface area contributed by atoms with Crippen LogP contribution in [0.1, 0.15) is 17.5 Å². The molecule has 0 aliphatic heterocycles. The van der Waals surface area contributed by atoms with Crippen molar-refractivity contribution >= 4 is 27.6 Å². The van der Waals surface area contributed by atoms with Gasteiger partial charge in [0.2, 0.25) is 0 Å². The highest BCUT2D eigenvalue weighted by Gasteiger charge is 2.33. The summed E-state index contributed by atoms with van der Waals surface area (Å²) >= 11 is 3.06. The van der Waals surface area contributed by atoms with Gasteiger partial charge in [0.05, 0.1) is 12.7 Å². The van der Waals surface area contributed by atoms with Crippen LogP contribution in [-0.2, 0) is 22.1 Å². The van der Waals surface area contributed by atoms with Gasteiger partial charge in [-0.25, -0.2) is 0 Å². The molecule has 0 radical (unpaired) electrons. The van der Waals surface area contributed by atoms with Gasteiger partial charge in [0.1, 0.15) is 0 Å². The summed E-state index contributed by atoms with van der Waals surface area (Å²) in [6, 6.07) is 2.14. The Kier molecular flexibility index (Phi) is 4.61. The Morgan fingerprint density at radius 2 is 2.06 bits per heavy atom. The molecule has 1 aromatic carbocycles. The first-order valence-corrected chi connectivity index (χ1v) is 5.77. The van der Waals surface area contributed by atoms with Gasteiger partial charge in [0.25, 0.3) is 0 Å². The number of hydrogen-bond donors (Lipinski definition) is 1. The number of rotatable bonds is 3. The van der Waals surface area contributed by atoms with E-state index in [4.69, 9.17) is 5.73 Å². The van der Waals surface area contributed by atoms with Crippen molar-refractivity contribution in [3.63, 3.8) is 0 Å². The molecule has 0 unspecified atom stereocenters. The minimum atomic E-state index is -4.50. The third-order valence-corrected chi connectivity index (χ3v) is 3.04. The largest absolute Gasteiger partial charge is 0.469 e. The van der Waals surface area contributed by atoms with Gasteiger partial charge < -0.3 is 10.5 Å². The van der Waals surface area contributed by atoms with Crippen LogP contribution in [0.4, 0.5) is 18.9 Å². The second kappa shape index (κ2) is 5.60. The molecule has 0 saturated carbocycles. The van der Waals surface area contributed by atoms with Crippen LogP contribution in [0.15, 0.2) is 16.6 Å². The zero-order valence-corrected chi connectivity index (χ0v) is 11.1. The van der Waals surface area contributed by atoms with E-state index in [0.29, 0.717) is 4.47 Å². The van der Waals surface area contributed by atoms with E-state index in [0.717, 1.165) is 6.07 Å². The number of carbonyl (C=O) groups is 1. The first kappa shape index (κ1) is 14.8. The third kappa shape index (κ3) is 3.63. The molecular formula is C11H11BrF3NO2. The predicted octanol–water partition coefficient (Wildman–Crippen LogP) is 3.16. The molecule has 2 N–H and O–H groups in total. The Labute approximate surface area is 110 Å². The van der Waals surface area contributed by atoms with Gasteiger partial charge >= 0.3 is 12.1 Å². The summed E-state index contributed by atoms with van der Waals surface area (Å²) in [6.45, 7) is 0. The highest BCUT2D eigenvalue weighted by molar-refractivity contribution is 9.10. The first-order valence-electron chi connectivity index (χ1n) is 4.97. The number of hydrogen-bond acceptors (Lipinski definition) is 3. The average molecular weight is 326 g/mol. The Morgan fingerprint density at radius 3 is 2.56 bits per heavy atom. The average Bonchev–Trinajstić information content (AvgIpc) is 2.28. The lowest BCUT2D eigenvalue weighted by molar-refractivity contribution is -0.142. The SMILES string of the molecule is COC(=O)CCc1cc(Br)c(N)cc1C(F)(F)F. The van der Waals surface area contributed by atoms with Crippen LogP contribution < -0.4 is 5.73 Å². The van der Waals surface area contributed by atoms with Gasteiger partial charge in [-0.2, -0.15) is 13.2 Å². The maximum Gasteiger partial charge on any atom is 0.416 e. The lowest BCUT2D eigenvalue weighted by atomic mass is 10.0. The summed E-state index contributed by atoms with van der Waals surface area (Å²) < 4.78 is 43.1. The van der Waals surface area contributed by atoms with Crippen molar-refractivity contribution in [1.82, 2.24) is 0 Å². The topological polar surface area (TPSA) is 52.3 Å². The van der Waals surface area contributed by atoms with Gasteiger partial charge in [-0.15, -0.1) is 0 Å². The maximum atomic E-state index is 12.8. The highest BCUT2D eigenvalue weighted by atomic mass is 79.9. The summed E-state index contributed by atoms with van der Waals surface area (Å²) in [5.41, 5.74) is 4.62. The molecule has 0 heterocycles. The van der Waals surface area contributed by atoms with Gasteiger partial charge in [-0.1, -0.05) is 0 Å². The van der Waals surface area contributed by atoms with Crippen LogP contribution in [-0.4, -0.2) is 13.1 Å². The van der Waals surface area contributed by atoms with E-state index in [1.165, 1.54) is 13.2 Å².